The van der Waals surface area contributed by atoms with E-state index < -0.39 is 97.5 Å². The fourth-order valence-electron chi connectivity index (χ4n) is 9.53. The number of ether oxygens (including phenoxy) is 4. The number of aliphatic hydroxyl groups is 1. The summed E-state index contributed by atoms with van der Waals surface area (Å²) >= 11 is 0. The second-order valence-electron chi connectivity index (χ2n) is 24.1. The molecule has 0 saturated carbocycles. The maximum atomic E-state index is 13.0. The fraction of sp³-hybridized carbons (Fsp3) is 0.938. The van der Waals surface area contributed by atoms with Crippen molar-refractivity contribution >= 4 is 39.5 Å². The molecule has 0 aliphatic carbocycles. The summed E-state index contributed by atoms with van der Waals surface area (Å²) in [6, 6.07) is 0. The normalized spacial score (nSPS) is 14.3. The van der Waals surface area contributed by atoms with Gasteiger partial charge in [0.15, 0.2) is 12.2 Å². The highest BCUT2D eigenvalue weighted by molar-refractivity contribution is 7.47. The van der Waals surface area contributed by atoms with E-state index >= 15 is 0 Å². The van der Waals surface area contributed by atoms with Crippen LogP contribution in [-0.2, 0) is 65.4 Å². The lowest BCUT2D eigenvalue weighted by Crippen LogP contribution is -2.30. The molecule has 0 aromatic rings. The van der Waals surface area contributed by atoms with Crippen LogP contribution in [0.1, 0.15) is 318 Å². The molecule has 3 N–H and O–H groups in total. The summed E-state index contributed by atoms with van der Waals surface area (Å²) in [7, 11) is -9.87. The summed E-state index contributed by atoms with van der Waals surface area (Å²) in [6.07, 6.45) is 39.4. The maximum absolute atomic E-state index is 13.0. The molecule has 0 heterocycles. The van der Waals surface area contributed by atoms with Gasteiger partial charge in [-0.1, -0.05) is 266 Å². The first kappa shape index (κ1) is 81.1. The van der Waals surface area contributed by atoms with Crippen molar-refractivity contribution in [2.24, 2.45) is 11.8 Å². The van der Waals surface area contributed by atoms with Gasteiger partial charge >= 0.3 is 39.5 Å². The van der Waals surface area contributed by atoms with Crippen LogP contribution in [-0.4, -0.2) is 96.7 Å². The van der Waals surface area contributed by atoms with E-state index in [1.165, 1.54) is 122 Å². The first-order valence-corrected chi connectivity index (χ1v) is 36.5. The van der Waals surface area contributed by atoms with Crippen molar-refractivity contribution in [2.75, 3.05) is 39.6 Å². The van der Waals surface area contributed by atoms with Crippen LogP contribution in [0.3, 0.4) is 0 Å². The Balaban J connectivity index is 5.13. The average molecular weight is 1230 g/mol. The van der Waals surface area contributed by atoms with Crippen LogP contribution in [0.15, 0.2) is 0 Å². The van der Waals surface area contributed by atoms with Crippen molar-refractivity contribution in [3.05, 3.63) is 0 Å². The lowest BCUT2D eigenvalue weighted by Gasteiger charge is -2.21. The van der Waals surface area contributed by atoms with Crippen molar-refractivity contribution in [3.8, 4) is 0 Å². The summed E-state index contributed by atoms with van der Waals surface area (Å²) in [5.74, 6) is -0.601. The Morgan fingerprint density at radius 3 is 0.819 bits per heavy atom. The number of carbonyl (C=O) groups excluding carboxylic acids is 4. The van der Waals surface area contributed by atoms with Crippen LogP contribution >= 0.6 is 15.6 Å². The number of hydrogen-bond donors (Lipinski definition) is 3. The van der Waals surface area contributed by atoms with Crippen LogP contribution in [0.4, 0.5) is 0 Å². The molecule has 5 atom stereocenters. The number of unbranched alkanes of at least 4 members (excludes halogenated alkanes) is 33. The molecule has 2 unspecified atom stereocenters. The lowest BCUT2D eigenvalue weighted by atomic mass is 10.0. The van der Waals surface area contributed by atoms with E-state index in [0.717, 1.165) is 115 Å². The Morgan fingerprint density at radius 1 is 0.325 bits per heavy atom. The zero-order chi connectivity index (χ0) is 61.5. The van der Waals surface area contributed by atoms with Gasteiger partial charge in [0.25, 0.3) is 0 Å². The predicted molar refractivity (Wildman–Crippen MR) is 331 cm³/mol. The standard InChI is InChI=1S/C64H124O17P2/c1-7-9-11-13-14-29-36-42-48-63(68)80-59(52-74-61(66)46-40-32-12-10-8-2)54-78-82(70,71)76-50-58(65)51-77-83(72,73)79-55-60(53-75-62(67)47-41-35-30-26-22-24-28-34-39-45-57(5)6)81-64(69)49-43-37-31-25-21-19-17-15-16-18-20-23-27-33-38-44-56(3)4/h56-60,65H,7-55H2,1-6H3,(H,70,71)(H,72,73)/t58-,59+,60+/m0/s1. The van der Waals surface area contributed by atoms with Crippen LogP contribution in [0.25, 0.3) is 0 Å². The smallest absolute Gasteiger partial charge is 0.462 e. The Morgan fingerprint density at radius 2 is 0.554 bits per heavy atom. The molecule has 0 radical (unpaired) electrons. The SMILES string of the molecule is CCCCCCCCCCC(=O)O[C@H](COC(=O)CCCCCCC)COP(=O)(O)OC[C@H](O)COP(=O)(O)OC[C@@H](COC(=O)CCCCCCCCCCCC(C)C)OC(=O)CCCCCCCCCCCCCCCCCC(C)C. The summed E-state index contributed by atoms with van der Waals surface area (Å²) in [5, 5.41) is 10.5. The van der Waals surface area contributed by atoms with Crippen molar-refractivity contribution in [1.29, 1.82) is 0 Å². The first-order chi connectivity index (χ1) is 39.9. The molecule has 0 saturated heterocycles. The third kappa shape index (κ3) is 58.8. The number of carbonyl (C=O) groups is 4. The Hall–Kier alpha value is -1.94. The van der Waals surface area contributed by atoms with E-state index in [-0.39, 0.29) is 25.7 Å². The van der Waals surface area contributed by atoms with Crippen molar-refractivity contribution in [3.63, 3.8) is 0 Å². The Labute approximate surface area is 505 Å². The van der Waals surface area contributed by atoms with Gasteiger partial charge in [0.1, 0.15) is 19.3 Å². The van der Waals surface area contributed by atoms with Crippen LogP contribution in [0, 0.1) is 11.8 Å². The minimum Gasteiger partial charge on any atom is -0.462 e. The Kier molecular flexibility index (Phi) is 55.2. The average Bonchev–Trinajstić information content (AvgIpc) is 3.45. The second-order valence-corrected chi connectivity index (χ2v) is 27.0. The van der Waals surface area contributed by atoms with Crippen molar-refractivity contribution in [1.82, 2.24) is 0 Å². The molecule has 0 aliphatic heterocycles. The van der Waals surface area contributed by atoms with Gasteiger partial charge in [0, 0.05) is 25.7 Å². The summed E-state index contributed by atoms with van der Waals surface area (Å²) in [4.78, 5) is 71.9. The molecule has 0 aromatic heterocycles. The highest BCUT2D eigenvalue weighted by atomic mass is 31.2. The van der Waals surface area contributed by atoms with Gasteiger partial charge in [-0.15, -0.1) is 0 Å². The molecule has 0 rings (SSSR count). The Bertz CT molecular complexity index is 1630. The highest BCUT2D eigenvalue weighted by Gasteiger charge is 2.30. The van der Waals surface area contributed by atoms with Gasteiger partial charge in [-0.3, -0.25) is 37.3 Å². The lowest BCUT2D eigenvalue weighted by molar-refractivity contribution is -0.161. The molecule has 0 fully saturated rings. The monoisotopic (exact) mass is 1230 g/mol. The molecule has 19 heteroatoms. The molecule has 0 amide bonds. The molecule has 17 nitrogen and oxygen atoms in total. The zero-order valence-corrected chi connectivity index (χ0v) is 55.3. The van der Waals surface area contributed by atoms with Crippen LogP contribution < -0.4 is 0 Å². The number of hydrogen-bond acceptors (Lipinski definition) is 15. The van der Waals surface area contributed by atoms with E-state index in [2.05, 4.69) is 41.5 Å². The molecule has 0 spiro atoms. The highest BCUT2D eigenvalue weighted by Crippen LogP contribution is 2.45. The van der Waals surface area contributed by atoms with E-state index in [1.807, 2.05) is 0 Å². The minimum absolute atomic E-state index is 0.104. The molecule has 492 valence electrons. The van der Waals surface area contributed by atoms with Gasteiger partial charge in [-0.2, -0.15) is 0 Å². The topological polar surface area (TPSA) is 237 Å². The number of esters is 4. The second kappa shape index (κ2) is 56.6. The number of rotatable bonds is 63. The largest absolute Gasteiger partial charge is 0.472 e. The van der Waals surface area contributed by atoms with E-state index in [9.17, 15) is 43.2 Å². The van der Waals surface area contributed by atoms with Gasteiger partial charge in [-0.05, 0) is 37.5 Å². The van der Waals surface area contributed by atoms with Crippen molar-refractivity contribution < 1.29 is 80.2 Å². The number of aliphatic hydroxyl groups excluding tert-OH is 1. The maximum Gasteiger partial charge on any atom is 0.472 e. The fourth-order valence-corrected chi connectivity index (χ4v) is 11.1. The summed E-state index contributed by atoms with van der Waals surface area (Å²) in [6.45, 7) is 9.39. The van der Waals surface area contributed by atoms with Gasteiger partial charge in [0.2, 0.25) is 0 Å². The summed E-state index contributed by atoms with van der Waals surface area (Å²) in [5.41, 5.74) is 0. The number of phosphoric ester groups is 2. The van der Waals surface area contributed by atoms with Gasteiger partial charge < -0.3 is 33.8 Å². The molecule has 83 heavy (non-hydrogen) atoms. The van der Waals surface area contributed by atoms with Gasteiger partial charge in [0.05, 0.1) is 26.4 Å². The molecule has 0 bridgehead atoms. The van der Waals surface area contributed by atoms with E-state index in [0.29, 0.717) is 25.7 Å². The molecule has 0 aliphatic rings. The molecule has 0 aromatic carbocycles. The van der Waals surface area contributed by atoms with Gasteiger partial charge in [-0.25, -0.2) is 9.13 Å². The number of phosphoric acid groups is 2. The summed E-state index contributed by atoms with van der Waals surface area (Å²) < 4.78 is 67.7. The minimum atomic E-state index is -4.94. The first-order valence-electron chi connectivity index (χ1n) is 33.5. The zero-order valence-electron chi connectivity index (χ0n) is 53.5. The predicted octanol–water partition coefficient (Wildman–Crippen LogP) is 17.7. The third-order valence-corrected chi connectivity index (χ3v) is 16.6. The quantitative estimate of drug-likeness (QED) is 0.0222. The third-order valence-electron chi connectivity index (χ3n) is 14.7. The molecular formula is C64H124O17P2. The van der Waals surface area contributed by atoms with Crippen LogP contribution in [0.5, 0.6) is 0 Å². The van der Waals surface area contributed by atoms with E-state index in [1.54, 1.807) is 0 Å². The van der Waals surface area contributed by atoms with Crippen molar-refractivity contribution in [2.45, 2.75) is 336 Å². The van der Waals surface area contributed by atoms with Crippen LogP contribution in [0.2, 0.25) is 0 Å². The van der Waals surface area contributed by atoms with E-state index in [4.69, 9.17) is 37.0 Å². The molecular weight excluding hydrogens is 1100 g/mol.